The summed E-state index contributed by atoms with van der Waals surface area (Å²) in [6.45, 7) is 10.1. The second kappa shape index (κ2) is 5.78. The van der Waals surface area contributed by atoms with Crippen molar-refractivity contribution in [2.45, 2.75) is 33.6 Å². The first-order valence-corrected chi connectivity index (χ1v) is 6.30. The molecular weight excluding hydrogens is 200 g/mol. The Morgan fingerprint density at radius 3 is 2.75 bits per heavy atom. The predicted molar refractivity (Wildman–Crippen MR) is 67.6 cm³/mol. The Morgan fingerprint density at radius 2 is 2.19 bits per heavy atom. The monoisotopic (exact) mass is 226 g/mol. The smallest absolute Gasteiger partial charge is 0.143 e. The number of carbonyl (C=O) groups excluding carboxylic acids is 1. The normalized spacial score (nSPS) is 23.4. The Morgan fingerprint density at radius 1 is 1.50 bits per heavy atom. The molecule has 0 spiro atoms. The van der Waals surface area contributed by atoms with E-state index in [1.165, 1.54) is 25.9 Å². The summed E-state index contributed by atoms with van der Waals surface area (Å²) in [6.07, 6.45) is 2.62. The van der Waals surface area contributed by atoms with Gasteiger partial charge in [0.25, 0.3) is 0 Å². The van der Waals surface area contributed by atoms with Gasteiger partial charge in [-0.25, -0.2) is 0 Å². The molecule has 0 saturated carbocycles. The van der Waals surface area contributed by atoms with Crippen LogP contribution in [0.3, 0.4) is 0 Å². The standard InChI is InChI=1S/C13H26N2O/c1-11(16)8-14-10-13(2,3)12-6-5-7-15(4)9-12/h12,14H,5-10H2,1-4H3. The van der Waals surface area contributed by atoms with Crippen LogP contribution in [0.4, 0.5) is 0 Å². The van der Waals surface area contributed by atoms with Crippen LogP contribution in [0.5, 0.6) is 0 Å². The van der Waals surface area contributed by atoms with E-state index in [2.05, 4.69) is 31.1 Å². The Balaban J connectivity index is 2.39. The van der Waals surface area contributed by atoms with Crippen LogP contribution in [0, 0.1) is 11.3 Å². The maximum atomic E-state index is 10.9. The number of hydrogen-bond donors (Lipinski definition) is 1. The van der Waals surface area contributed by atoms with E-state index in [-0.39, 0.29) is 11.2 Å². The van der Waals surface area contributed by atoms with Crippen LogP contribution in [0.1, 0.15) is 33.6 Å². The van der Waals surface area contributed by atoms with Crippen LogP contribution in [0.25, 0.3) is 0 Å². The average molecular weight is 226 g/mol. The van der Waals surface area contributed by atoms with Gasteiger partial charge in [-0.05, 0) is 44.7 Å². The lowest BCUT2D eigenvalue weighted by Crippen LogP contribution is -2.44. The molecule has 0 bridgehead atoms. The Labute approximate surface area is 99.6 Å². The predicted octanol–water partition coefficient (Wildman–Crippen LogP) is 1.53. The number of rotatable bonds is 5. The number of hydrogen-bond acceptors (Lipinski definition) is 3. The first-order chi connectivity index (χ1) is 7.42. The van der Waals surface area contributed by atoms with Crippen molar-refractivity contribution >= 4 is 5.78 Å². The maximum absolute atomic E-state index is 10.9. The van der Waals surface area contributed by atoms with Crippen molar-refractivity contribution in [1.29, 1.82) is 0 Å². The van der Waals surface area contributed by atoms with E-state index in [1.54, 1.807) is 6.92 Å². The summed E-state index contributed by atoms with van der Waals surface area (Å²) in [4.78, 5) is 13.3. The van der Waals surface area contributed by atoms with Crippen LogP contribution in [0.15, 0.2) is 0 Å². The van der Waals surface area contributed by atoms with Crippen molar-refractivity contribution in [2.75, 3.05) is 33.2 Å². The molecule has 94 valence electrons. The zero-order chi connectivity index (χ0) is 12.2. The third-order valence-corrected chi connectivity index (χ3v) is 3.68. The molecule has 16 heavy (non-hydrogen) atoms. The van der Waals surface area contributed by atoms with Gasteiger partial charge in [-0.3, -0.25) is 4.79 Å². The minimum Gasteiger partial charge on any atom is -0.309 e. The van der Waals surface area contributed by atoms with Crippen LogP contribution in [0.2, 0.25) is 0 Å². The largest absolute Gasteiger partial charge is 0.309 e. The topological polar surface area (TPSA) is 32.3 Å². The lowest BCUT2D eigenvalue weighted by atomic mass is 9.74. The van der Waals surface area contributed by atoms with E-state index in [9.17, 15) is 4.79 Å². The maximum Gasteiger partial charge on any atom is 0.143 e. The zero-order valence-corrected chi connectivity index (χ0v) is 11.2. The van der Waals surface area contributed by atoms with Gasteiger partial charge in [-0.1, -0.05) is 13.8 Å². The van der Waals surface area contributed by atoms with Gasteiger partial charge >= 0.3 is 0 Å². The van der Waals surface area contributed by atoms with Crippen LogP contribution >= 0.6 is 0 Å². The number of nitrogens with zero attached hydrogens (tertiary/aromatic N) is 1. The van der Waals surface area contributed by atoms with E-state index in [4.69, 9.17) is 0 Å². The molecule has 1 saturated heterocycles. The third-order valence-electron chi connectivity index (χ3n) is 3.68. The molecule has 1 N–H and O–H groups in total. The minimum absolute atomic E-state index is 0.219. The molecule has 1 aliphatic rings. The van der Waals surface area contributed by atoms with Gasteiger partial charge in [0.05, 0.1) is 6.54 Å². The summed E-state index contributed by atoms with van der Waals surface area (Å²) in [5.41, 5.74) is 0.282. The second-order valence-electron chi connectivity index (χ2n) is 5.90. The second-order valence-corrected chi connectivity index (χ2v) is 5.90. The lowest BCUT2D eigenvalue weighted by Gasteiger charge is -2.40. The molecule has 0 aromatic rings. The van der Waals surface area contributed by atoms with Gasteiger partial charge in [0, 0.05) is 13.1 Å². The van der Waals surface area contributed by atoms with E-state index < -0.39 is 0 Å². The molecule has 1 aliphatic heterocycles. The molecule has 0 aromatic carbocycles. The molecule has 1 heterocycles. The van der Waals surface area contributed by atoms with Gasteiger partial charge in [0.2, 0.25) is 0 Å². The molecule has 1 fully saturated rings. The highest BCUT2D eigenvalue weighted by atomic mass is 16.1. The molecule has 0 radical (unpaired) electrons. The Hall–Kier alpha value is -0.410. The average Bonchev–Trinajstić information content (AvgIpc) is 2.16. The Kier molecular flexibility index (Phi) is 4.93. The van der Waals surface area contributed by atoms with Crippen molar-refractivity contribution < 1.29 is 4.79 Å². The molecule has 3 heteroatoms. The molecule has 3 nitrogen and oxygen atoms in total. The third kappa shape index (κ3) is 4.22. The molecular formula is C13H26N2O. The SMILES string of the molecule is CC(=O)CNCC(C)(C)C1CCCN(C)C1. The highest BCUT2D eigenvalue weighted by Crippen LogP contribution is 2.32. The summed E-state index contributed by atoms with van der Waals surface area (Å²) in [7, 11) is 2.20. The molecule has 1 atom stereocenters. The fraction of sp³-hybridized carbons (Fsp3) is 0.923. The van der Waals surface area contributed by atoms with Crippen molar-refractivity contribution in [1.82, 2.24) is 10.2 Å². The van der Waals surface area contributed by atoms with Gasteiger partial charge in [-0.15, -0.1) is 0 Å². The highest BCUT2D eigenvalue weighted by Gasteiger charge is 2.31. The number of likely N-dealkylation sites (tertiary alicyclic amines) is 1. The van der Waals surface area contributed by atoms with E-state index >= 15 is 0 Å². The number of ketones is 1. The summed E-state index contributed by atoms with van der Waals surface area (Å²) in [5, 5.41) is 3.27. The van der Waals surface area contributed by atoms with Crippen molar-refractivity contribution in [3.8, 4) is 0 Å². The number of piperidine rings is 1. The van der Waals surface area contributed by atoms with Crippen LogP contribution in [-0.4, -0.2) is 43.9 Å². The molecule has 0 amide bonds. The van der Waals surface area contributed by atoms with Crippen molar-refractivity contribution in [2.24, 2.45) is 11.3 Å². The highest BCUT2D eigenvalue weighted by molar-refractivity contribution is 5.77. The number of nitrogens with one attached hydrogen (secondary N) is 1. The van der Waals surface area contributed by atoms with Gasteiger partial charge in [-0.2, -0.15) is 0 Å². The summed E-state index contributed by atoms with van der Waals surface area (Å²) >= 11 is 0. The molecule has 1 rings (SSSR count). The summed E-state index contributed by atoms with van der Waals surface area (Å²) in [6, 6.07) is 0. The van der Waals surface area contributed by atoms with Crippen molar-refractivity contribution in [3.63, 3.8) is 0 Å². The fourth-order valence-corrected chi connectivity index (χ4v) is 2.51. The molecule has 0 aliphatic carbocycles. The first-order valence-electron chi connectivity index (χ1n) is 6.30. The Bertz CT molecular complexity index is 238. The van der Waals surface area contributed by atoms with E-state index in [1.807, 2.05) is 0 Å². The zero-order valence-electron chi connectivity index (χ0n) is 11.2. The van der Waals surface area contributed by atoms with Gasteiger partial charge in [0.15, 0.2) is 0 Å². The minimum atomic E-state index is 0.219. The van der Waals surface area contributed by atoms with Gasteiger partial charge in [0.1, 0.15) is 5.78 Å². The first kappa shape index (κ1) is 13.7. The summed E-state index contributed by atoms with van der Waals surface area (Å²) in [5.74, 6) is 0.960. The lowest BCUT2D eigenvalue weighted by molar-refractivity contribution is -0.116. The van der Waals surface area contributed by atoms with Crippen LogP contribution in [-0.2, 0) is 4.79 Å². The summed E-state index contributed by atoms with van der Waals surface area (Å²) < 4.78 is 0. The molecule has 1 unspecified atom stereocenters. The quantitative estimate of drug-likeness (QED) is 0.771. The number of carbonyl (C=O) groups is 1. The van der Waals surface area contributed by atoms with Crippen molar-refractivity contribution in [3.05, 3.63) is 0 Å². The fourth-order valence-electron chi connectivity index (χ4n) is 2.51. The number of Topliss-reactive ketones (excluding diaryl/α,β-unsaturated/α-hetero) is 1. The van der Waals surface area contributed by atoms with E-state index in [0.717, 1.165) is 12.5 Å². The van der Waals surface area contributed by atoms with Gasteiger partial charge < -0.3 is 10.2 Å². The van der Waals surface area contributed by atoms with E-state index in [0.29, 0.717) is 6.54 Å². The van der Waals surface area contributed by atoms with Crippen LogP contribution < -0.4 is 5.32 Å². The molecule has 0 aromatic heterocycles.